The number of thiophene rings is 1. The molecular weight excluding hydrogens is 284 g/mol. The van der Waals surface area contributed by atoms with Gasteiger partial charge in [0, 0.05) is 6.20 Å². The number of hydrogen-bond acceptors (Lipinski definition) is 6. The summed E-state index contributed by atoms with van der Waals surface area (Å²) in [5.74, 6) is 0.727. The van der Waals surface area contributed by atoms with Gasteiger partial charge >= 0.3 is 0 Å². The maximum atomic E-state index is 8.71. The Morgan fingerprint density at radius 1 is 1.32 bits per heavy atom. The minimum Gasteiger partial charge on any atom is -0.333 e. The molecule has 92 valence electrons. The van der Waals surface area contributed by atoms with Crippen LogP contribution in [0, 0.1) is 11.3 Å². The number of aromatic nitrogens is 3. The van der Waals surface area contributed by atoms with E-state index < -0.39 is 0 Å². The van der Waals surface area contributed by atoms with Crippen molar-refractivity contribution in [3.8, 4) is 28.4 Å². The third-order valence-electron chi connectivity index (χ3n) is 2.36. The summed E-state index contributed by atoms with van der Waals surface area (Å²) >= 11 is 7.43. The zero-order valence-electron chi connectivity index (χ0n) is 9.37. The zero-order valence-corrected chi connectivity index (χ0v) is 10.9. The molecular formula is C12H5ClN4OS. The van der Waals surface area contributed by atoms with Crippen molar-refractivity contribution in [2.75, 3.05) is 0 Å². The molecule has 5 nitrogen and oxygen atoms in total. The van der Waals surface area contributed by atoms with E-state index >= 15 is 0 Å². The normalized spacial score (nSPS) is 10.3. The molecule has 0 saturated heterocycles. The Morgan fingerprint density at radius 3 is 2.84 bits per heavy atom. The fourth-order valence-electron chi connectivity index (χ4n) is 1.46. The molecule has 0 spiro atoms. The van der Waals surface area contributed by atoms with Crippen molar-refractivity contribution in [1.29, 1.82) is 5.26 Å². The average molecular weight is 289 g/mol. The third-order valence-corrected chi connectivity index (χ3v) is 3.69. The smallest absolute Gasteiger partial charge is 0.269 e. The van der Waals surface area contributed by atoms with Gasteiger partial charge in [0.1, 0.15) is 16.6 Å². The summed E-state index contributed by atoms with van der Waals surface area (Å²) in [5.41, 5.74) is 1.02. The van der Waals surface area contributed by atoms with E-state index in [0.717, 1.165) is 4.88 Å². The molecule has 0 aromatic carbocycles. The number of nitrogens with zero attached hydrogens (tertiary/aromatic N) is 4. The van der Waals surface area contributed by atoms with Gasteiger partial charge in [-0.25, -0.2) is 0 Å². The molecule has 0 aliphatic rings. The molecule has 0 aliphatic carbocycles. The van der Waals surface area contributed by atoms with Crippen LogP contribution >= 0.6 is 22.9 Å². The summed E-state index contributed by atoms with van der Waals surface area (Å²) in [4.78, 5) is 9.07. The predicted molar refractivity (Wildman–Crippen MR) is 70.6 cm³/mol. The minimum absolute atomic E-state index is 0.362. The SMILES string of the molecule is N#Cc1ccc(-c2noc(-c3sccc3Cl)n2)nc1. The lowest BCUT2D eigenvalue weighted by atomic mass is 10.2. The Morgan fingerprint density at radius 2 is 2.21 bits per heavy atom. The number of rotatable bonds is 2. The second-order valence-electron chi connectivity index (χ2n) is 3.56. The van der Waals surface area contributed by atoms with Crippen LogP contribution in [0.4, 0.5) is 0 Å². The standard InChI is InChI=1S/C12H5ClN4OS/c13-8-3-4-19-10(8)12-16-11(17-18-12)9-2-1-7(5-14)6-15-9/h1-4,6H. The lowest BCUT2D eigenvalue weighted by molar-refractivity contribution is 0.433. The topological polar surface area (TPSA) is 75.6 Å². The summed E-state index contributed by atoms with van der Waals surface area (Å²) in [6.07, 6.45) is 1.46. The molecule has 0 saturated carbocycles. The summed E-state index contributed by atoms with van der Waals surface area (Å²) in [6.45, 7) is 0. The van der Waals surface area contributed by atoms with Gasteiger partial charge in [-0.15, -0.1) is 11.3 Å². The molecule has 3 rings (SSSR count). The molecule has 0 unspecified atom stereocenters. The summed E-state index contributed by atoms with van der Waals surface area (Å²) in [5, 5.41) is 15.0. The van der Waals surface area contributed by atoms with Crippen LogP contribution in [0.1, 0.15) is 5.56 Å². The van der Waals surface area contributed by atoms with Crippen molar-refractivity contribution in [2.24, 2.45) is 0 Å². The Balaban J connectivity index is 1.97. The molecule has 3 aromatic heterocycles. The summed E-state index contributed by atoms with van der Waals surface area (Å²) in [6, 6.07) is 7.09. The highest BCUT2D eigenvalue weighted by Crippen LogP contribution is 2.32. The van der Waals surface area contributed by atoms with Crippen LogP contribution in [-0.4, -0.2) is 15.1 Å². The monoisotopic (exact) mass is 288 g/mol. The first kappa shape index (κ1) is 11.8. The van der Waals surface area contributed by atoms with Crippen molar-refractivity contribution in [3.05, 3.63) is 40.4 Å². The fourth-order valence-corrected chi connectivity index (χ4v) is 2.52. The van der Waals surface area contributed by atoms with E-state index in [1.54, 1.807) is 18.2 Å². The first-order valence-corrected chi connectivity index (χ1v) is 6.47. The molecule has 0 bridgehead atoms. The highest BCUT2D eigenvalue weighted by Gasteiger charge is 2.15. The minimum atomic E-state index is 0.362. The zero-order chi connectivity index (χ0) is 13.2. The van der Waals surface area contributed by atoms with Gasteiger partial charge in [0.15, 0.2) is 0 Å². The molecule has 0 N–H and O–H groups in total. The first-order chi connectivity index (χ1) is 9.28. The van der Waals surface area contributed by atoms with Crippen molar-refractivity contribution in [1.82, 2.24) is 15.1 Å². The number of hydrogen-bond donors (Lipinski definition) is 0. The molecule has 3 heterocycles. The highest BCUT2D eigenvalue weighted by molar-refractivity contribution is 7.14. The molecule has 19 heavy (non-hydrogen) atoms. The summed E-state index contributed by atoms with van der Waals surface area (Å²) < 4.78 is 5.16. The maximum absolute atomic E-state index is 8.71. The predicted octanol–water partition coefficient (Wildman–Crippen LogP) is 3.39. The Hall–Kier alpha value is -2.23. The Labute approximate surface area is 117 Å². The van der Waals surface area contributed by atoms with Crippen molar-refractivity contribution >= 4 is 22.9 Å². The summed E-state index contributed by atoms with van der Waals surface area (Å²) in [7, 11) is 0. The average Bonchev–Trinajstić information content (AvgIpc) is 3.07. The van der Waals surface area contributed by atoms with Crippen LogP contribution < -0.4 is 0 Å². The van der Waals surface area contributed by atoms with E-state index in [4.69, 9.17) is 21.4 Å². The number of halogens is 1. The van der Waals surface area contributed by atoms with E-state index in [-0.39, 0.29) is 0 Å². The van der Waals surface area contributed by atoms with Crippen LogP contribution in [-0.2, 0) is 0 Å². The quantitative estimate of drug-likeness (QED) is 0.722. The van der Waals surface area contributed by atoms with Crippen LogP contribution in [0.25, 0.3) is 22.3 Å². The van der Waals surface area contributed by atoms with E-state index in [1.165, 1.54) is 17.5 Å². The van der Waals surface area contributed by atoms with Gasteiger partial charge in [-0.2, -0.15) is 10.2 Å². The lowest BCUT2D eigenvalue weighted by Crippen LogP contribution is -1.86. The van der Waals surface area contributed by atoms with Gasteiger partial charge in [0.2, 0.25) is 5.82 Å². The van der Waals surface area contributed by atoms with Gasteiger partial charge in [-0.3, -0.25) is 4.98 Å². The fraction of sp³-hybridized carbons (Fsp3) is 0. The molecule has 0 radical (unpaired) electrons. The molecule has 0 fully saturated rings. The van der Waals surface area contributed by atoms with Crippen molar-refractivity contribution in [2.45, 2.75) is 0 Å². The van der Waals surface area contributed by atoms with Crippen LogP contribution in [0.3, 0.4) is 0 Å². The lowest BCUT2D eigenvalue weighted by Gasteiger charge is -1.92. The van der Waals surface area contributed by atoms with Crippen LogP contribution in [0.15, 0.2) is 34.3 Å². The maximum Gasteiger partial charge on any atom is 0.269 e. The molecule has 0 atom stereocenters. The first-order valence-electron chi connectivity index (χ1n) is 5.21. The van der Waals surface area contributed by atoms with Crippen LogP contribution in [0.5, 0.6) is 0 Å². The van der Waals surface area contributed by atoms with Crippen molar-refractivity contribution in [3.63, 3.8) is 0 Å². The second kappa shape index (κ2) is 4.80. The molecule has 7 heteroatoms. The van der Waals surface area contributed by atoms with Crippen LogP contribution in [0.2, 0.25) is 5.02 Å². The highest BCUT2D eigenvalue weighted by atomic mass is 35.5. The van der Waals surface area contributed by atoms with Gasteiger partial charge in [-0.05, 0) is 23.6 Å². The van der Waals surface area contributed by atoms with Gasteiger partial charge in [-0.1, -0.05) is 16.8 Å². The Bertz CT molecular complexity index is 757. The van der Waals surface area contributed by atoms with Gasteiger partial charge in [0.25, 0.3) is 5.89 Å². The largest absolute Gasteiger partial charge is 0.333 e. The molecule has 0 aliphatic heterocycles. The van der Waals surface area contributed by atoms with E-state index in [1.807, 2.05) is 11.4 Å². The third kappa shape index (κ3) is 2.21. The van der Waals surface area contributed by atoms with Gasteiger partial charge < -0.3 is 4.52 Å². The van der Waals surface area contributed by atoms with E-state index in [0.29, 0.717) is 28.0 Å². The van der Waals surface area contributed by atoms with E-state index in [2.05, 4.69) is 15.1 Å². The van der Waals surface area contributed by atoms with E-state index in [9.17, 15) is 0 Å². The van der Waals surface area contributed by atoms with Crippen molar-refractivity contribution < 1.29 is 4.52 Å². The van der Waals surface area contributed by atoms with Gasteiger partial charge in [0.05, 0.1) is 10.6 Å². The molecule has 3 aromatic rings. The number of nitriles is 1. The number of pyridine rings is 1. The Kier molecular flexibility index (Phi) is 2.99. The molecule has 0 amide bonds. The second-order valence-corrected chi connectivity index (χ2v) is 4.89.